The lowest BCUT2D eigenvalue weighted by molar-refractivity contribution is 0.0698. The first kappa shape index (κ1) is 13.9. The lowest BCUT2D eigenvalue weighted by Crippen LogP contribution is -2.18. The van der Waals surface area contributed by atoms with Crippen molar-refractivity contribution in [1.82, 2.24) is 9.97 Å². The summed E-state index contributed by atoms with van der Waals surface area (Å²) in [4.78, 5) is 39.9. The van der Waals surface area contributed by atoms with E-state index in [1.165, 1.54) is 6.07 Å². The smallest absolute Gasteiger partial charge is 0.337 e. The minimum atomic E-state index is -1.17. The maximum absolute atomic E-state index is 11.9. The molecule has 0 fully saturated rings. The van der Waals surface area contributed by atoms with E-state index in [1.807, 2.05) is 0 Å². The Labute approximate surface area is 120 Å². The molecule has 1 heterocycles. The van der Waals surface area contributed by atoms with Crippen LogP contribution < -0.4 is 10.9 Å². The second kappa shape index (κ2) is 5.66. The number of carboxylic acids is 1. The molecule has 0 aliphatic rings. The van der Waals surface area contributed by atoms with Gasteiger partial charge in [0, 0.05) is 10.7 Å². The van der Waals surface area contributed by atoms with E-state index in [4.69, 9.17) is 5.11 Å². The summed E-state index contributed by atoms with van der Waals surface area (Å²) in [6.07, 6.45) is 2.11. The van der Waals surface area contributed by atoms with Crippen LogP contribution in [-0.2, 0) is 0 Å². The van der Waals surface area contributed by atoms with Gasteiger partial charge in [-0.1, -0.05) is 6.07 Å². The van der Waals surface area contributed by atoms with Gasteiger partial charge in [-0.2, -0.15) is 0 Å². The Hall–Kier alpha value is -2.48. The Morgan fingerprint density at radius 1 is 1.35 bits per heavy atom. The number of aromatic carboxylic acids is 1. The molecule has 3 N–H and O–H groups in total. The monoisotopic (exact) mass is 337 g/mol. The zero-order chi connectivity index (χ0) is 14.7. The quantitative estimate of drug-likeness (QED) is 0.785. The number of hydrogen-bond donors (Lipinski definition) is 3. The standard InChI is InChI=1S/C12H8BrN3O4/c13-7-3-1-2-6(12(19)20)10(7)16-11(18)8-4-15-9(17)5-14-8/h1-5H,(H,15,17)(H,16,18)(H,19,20). The zero-order valence-electron chi connectivity index (χ0n) is 9.88. The van der Waals surface area contributed by atoms with Crippen molar-refractivity contribution in [1.29, 1.82) is 0 Å². The fourth-order valence-electron chi connectivity index (χ4n) is 1.47. The van der Waals surface area contributed by atoms with Crippen LogP contribution in [0, 0.1) is 0 Å². The molecule has 0 saturated carbocycles. The van der Waals surface area contributed by atoms with E-state index in [2.05, 4.69) is 31.2 Å². The van der Waals surface area contributed by atoms with Gasteiger partial charge in [-0.15, -0.1) is 0 Å². The SMILES string of the molecule is O=C(Nc1c(Br)cccc1C(=O)O)c1c[nH]c(=O)cn1. The first-order valence-corrected chi connectivity index (χ1v) is 6.16. The summed E-state index contributed by atoms with van der Waals surface area (Å²) in [6.45, 7) is 0. The first-order chi connectivity index (χ1) is 9.49. The second-order valence-corrected chi connectivity index (χ2v) is 4.57. The zero-order valence-corrected chi connectivity index (χ0v) is 11.5. The predicted molar refractivity (Wildman–Crippen MR) is 73.9 cm³/mol. The van der Waals surface area contributed by atoms with Gasteiger partial charge in [-0.25, -0.2) is 9.78 Å². The van der Waals surface area contributed by atoms with Gasteiger partial charge in [0.05, 0.1) is 17.4 Å². The molecular weight excluding hydrogens is 330 g/mol. The highest BCUT2D eigenvalue weighted by Crippen LogP contribution is 2.26. The van der Waals surface area contributed by atoms with E-state index in [9.17, 15) is 14.4 Å². The van der Waals surface area contributed by atoms with Crippen LogP contribution in [0.4, 0.5) is 5.69 Å². The van der Waals surface area contributed by atoms with Crippen molar-refractivity contribution in [2.24, 2.45) is 0 Å². The Balaban J connectivity index is 2.35. The summed E-state index contributed by atoms with van der Waals surface area (Å²) in [5.74, 6) is -1.80. The number of carboxylic acid groups (broad SMARTS) is 1. The number of aromatic nitrogens is 2. The number of para-hydroxylation sites is 1. The lowest BCUT2D eigenvalue weighted by Gasteiger charge is -2.09. The van der Waals surface area contributed by atoms with Crippen LogP contribution in [0.15, 0.2) is 39.9 Å². The number of anilines is 1. The van der Waals surface area contributed by atoms with Crippen LogP contribution in [-0.4, -0.2) is 27.0 Å². The number of nitrogens with one attached hydrogen (secondary N) is 2. The summed E-state index contributed by atoms with van der Waals surface area (Å²) in [7, 11) is 0. The Bertz CT molecular complexity index is 721. The molecule has 1 aromatic carbocycles. The molecule has 102 valence electrons. The van der Waals surface area contributed by atoms with E-state index in [-0.39, 0.29) is 16.9 Å². The molecular formula is C12H8BrN3O4. The van der Waals surface area contributed by atoms with E-state index in [1.54, 1.807) is 12.1 Å². The maximum atomic E-state index is 11.9. The van der Waals surface area contributed by atoms with Crippen molar-refractivity contribution in [2.45, 2.75) is 0 Å². The largest absolute Gasteiger partial charge is 0.478 e. The minimum Gasteiger partial charge on any atom is -0.478 e. The molecule has 0 saturated heterocycles. The molecule has 2 rings (SSSR count). The van der Waals surface area contributed by atoms with Gasteiger partial charge >= 0.3 is 5.97 Å². The first-order valence-electron chi connectivity index (χ1n) is 5.37. The third-order valence-corrected chi connectivity index (χ3v) is 3.05. The summed E-state index contributed by atoms with van der Waals surface area (Å²) in [6, 6.07) is 4.51. The van der Waals surface area contributed by atoms with Gasteiger partial charge < -0.3 is 15.4 Å². The Kier molecular flexibility index (Phi) is 3.94. The van der Waals surface area contributed by atoms with Crippen LogP contribution >= 0.6 is 15.9 Å². The van der Waals surface area contributed by atoms with Crippen molar-refractivity contribution in [2.75, 3.05) is 5.32 Å². The molecule has 0 aliphatic carbocycles. The fourth-order valence-corrected chi connectivity index (χ4v) is 1.94. The van der Waals surface area contributed by atoms with Crippen LogP contribution in [0.1, 0.15) is 20.8 Å². The summed E-state index contributed by atoms with van der Waals surface area (Å²) < 4.78 is 0.426. The van der Waals surface area contributed by atoms with E-state index >= 15 is 0 Å². The fraction of sp³-hybridized carbons (Fsp3) is 0. The molecule has 7 nitrogen and oxygen atoms in total. The van der Waals surface area contributed by atoms with Gasteiger partial charge in [-0.3, -0.25) is 9.59 Å². The maximum Gasteiger partial charge on any atom is 0.337 e. The molecule has 0 unspecified atom stereocenters. The summed E-state index contributed by atoms with van der Waals surface area (Å²) >= 11 is 3.17. The molecule has 20 heavy (non-hydrogen) atoms. The lowest BCUT2D eigenvalue weighted by atomic mass is 10.2. The molecule has 0 atom stereocenters. The number of nitrogens with zero attached hydrogens (tertiary/aromatic N) is 1. The van der Waals surface area contributed by atoms with Crippen molar-refractivity contribution >= 4 is 33.5 Å². The Morgan fingerprint density at radius 2 is 2.10 bits per heavy atom. The predicted octanol–water partition coefficient (Wildman–Crippen LogP) is 1.48. The molecule has 0 aliphatic heterocycles. The molecule has 2 aromatic rings. The average molecular weight is 338 g/mol. The third-order valence-electron chi connectivity index (χ3n) is 2.39. The average Bonchev–Trinajstić information content (AvgIpc) is 2.41. The van der Waals surface area contributed by atoms with Crippen LogP contribution in [0.2, 0.25) is 0 Å². The number of aromatic amines is 1. The van der Waals surface area contributed by atoms with Gasteiger partial charge in [0.25, 0.3) is 11.5 Å². The topological polar surface area (TPSA) is 112 Å². The number of H-pyrrole nitrogens is 1. The molecule has 1 amide bonds. The minimum absolute atomic E-state index is 0.0308. The number of carbonyl (C=O) groups excluding carboxylic acids is 1. The number of amides is 1. The van der Waals surface area contributed by atoms with Gasteiger partial charge in [0.15, 0.2) is 0 Å². The normalized spacial score (nSPS) is 10.1. The van der Waals surface area contributed by atoms with Crippen LogP contribution in [0.25, 0.3) is 0 Å². The van der Waals surface area contributed by atoms with Gasteiger partial charge in [-0.05, 0) is 28.1 Å². The molecule has 0 radical (unpaired) electrons. The summed E-state index contributed by atoms with van der Waals surface area (Å²) in [5.41, 5.74) is -0.402. The highest BCUT2D eigenvalue weighted by atomic mass is 79.9. The van der Waals surface area contributed by atoms with Crippen molar-refractivity contribution in [3.05, 3.63) is 56.7 Å². The Morgan fingerprint density at radius 3 is 2.70 bits per heavy atom. The van der Waals surface area contributed by atoms with Crippen LogP contribution in [0.5, 0.6) is 0 Å². The molecule has 8 heteroatoms. The molecule has 1 aromatic heterocycles. The van der Waals surface area contributed by atoms with Crippen molar-refractivity contribution in [3.63, 3.8) is 0 Å². The van der Waals surface area contributed by atoms with E-state index < -0.39 is 17.4 Å². The van der Waals surface area contributed by atoms with Gasteiger partial charge in [0.2, 0.25) is 0 Å². The number of carbonyl (C=O) groups is 2. The van der Waals surface area contributed by atoms with Crippen molar-refractivity contribution in [3.8, 4) is 0 Å². The highest BCUT2D eigenvalue weighted by molar-refractivity contribution is 9.10. The summed E-state index contributed by atoms with van der Waals surface area (Å²) in [5, 5.41) is 11.5. The van der Waals surface area contributed by atoms with Gasteiger partial charge in [0.1, 0.15) is 5.69 Å². The van der Waals surface area contributed by atoms with Crippen LogP contribution in [0.3, 0.4) is 0 Å². The third kappa shape index (κ3) is 2.91. The second-order valence-electron chi connectivity index (χ2n) is 3.72. The number of rotatable bonds is 3. The van der Waals surface area contributed by atoms with E-state index in [0.717, 1.165) is 12.4 Å². The molecule has 0 bridgehead atoms. The van der Waals surface area contributed by atoms with Crippen molar-refractivity contribution < 1.29 is 14.7 Å². The van der Waals surface area contributed by atoms with E-state index in [0.29, 0.717) is 4.47 Å². The highest BCUT2D eigenvalue weighted by Gasteiger charge is 2.16. The number of hydrogen-bond acceptors (Lipinski definition) is 4. The number of benzene rings is 1. The molecule has 0 spiro atoms. The number of halogens is 1.